The minimum Gasteiger partial charge on any atom is -0.497 e. The summed E-state index contributed by atoms with van der Waals surface area (Å²) in [5, 5.41) is 3.12. The van der Waals surface area contributed by atoms with Crippen molar-refractivity contribution < 1.29 is 9.53 Å². The van der Waals surface area contributed by atoms with E-state index in [1.54, 1.807) is 25.3 Å². The average molecular weight is 276 g/mol. The molecule has 4 nitrogen and oxygen atoms in total. The van der Waals surface area contributed by atoms with Crippen molar-refractivity contribution in [3.05, 3.63) is 23.8 Å². The Morgan fingerprint density at radius 1 is 1.40 bits per heavy atom. The van der Waals surface area contributed by atoms with E-state index in [0.29, 0.717) is 22.4 Å². The van der Waals surface area contributed by atoms with E-state index in [1.165, 1.54) is 6.42 Å². The van der Waals surface area contributed by atoms with Crippen LogP contribution < -0.4 is 15.8 Å². The molecule has 0 bridgehead atoms. The van der Waals surface area contributed by atoms with Gasteiger partial charge in [-0.25, -0.2) is 0 Å². The largest absolute Gasteiger partial charge is 0.497 e. The van der Waals surface area contributed by atoms with E-state index < -0.39 is 0 Å². The number of anilines is 1. The fraction of sp³-hybridized carbons (Fsp3) is 0.562. The van der Waals surface area contributed by atoms with Gasteiger partial charge in [-0.3, -0.25) is 4.79 Å². The first-order valence-electron chi connectivity index (χ1n) is 7.15. The van der Waals surface area contributed by atoms with E-state index in [1.807, 2.05) is 0 Å². The van der Waals surface area contributed by atoms with Crippen LogP contribution in [0.4, 0.5) is 5.69 Å². The van der Waals surface area contributed by atoms with Crippen molar-refractivity contribution in [3.8, 4) is 5.75 Å². The van der Waals surface area contributed by atoms with E-state index in [0.717, 1.165) is 19.3 Å². The predicted molar refractivity (Wildman–Crippen MR) is 80.9 cm³/mol. The van der Waals surface area contributed by atoms with E-state index in [2.05, 4.69) is 19.2 Å². The first-order valence-corrected chi connectivity index (χ1v) is 7.15. The molecule has 0 aromatic heterocycles. The fourth-order valence-electron chi connectivity index (χ4n) is 2.96. The van der Waals surface area contributed by atoms with Gasteiger partial charge in [-0.05, 0) is 36.8 Å². The van der Waals surface area contributed by atoms with E-state index in [-0.39, 0.29) is 11.9 Å². The Balaban J connectivity index is 2.06. The molecule has 1 fully saturated rings. The summed E-state index contributed by atoms with van der Waals surface area (Å²) in [5.74, 6) is 0.539. The minimum atomic E-state index is -0.0710. The number of carbonyl (C=O) groups is 1. The van der Waals surface area contributed by atoms with Gasteiger partial charge in [-0.2, -0.15) is 0 Å². The summed E-state index contributed by atoms with van der Waals surface area (Å²) in [6.07, 6.45) is 4.47. The zero-order chi connectivity index (χ0) is 14.8. The molecule has 110 valence electrons. The van der Waals surface area contributed by atoms with Crippen molar-refractivity contribution in [2.75, 3.05) is 12.8 Å². The molecule has 0 heterocycles. The molecule has 1 aliphatic rings. The molecule has 1 unspecified atom stereocenters. The Morgan fingerprint density at radius 3 is 2.80 bits per heavy atom. The lowest BCUT2D eigenvalue weighted by atomic mass is 9.75. The van der Waals surface area contributed by atoms with Crippen LogP contribution in [-0.4, -0.2) is 19.1 Å². The quantitative estimate of drug-likeness (QED) is 0.834. The Hall–Kier alpha value is -1.71. The molecule has 1 aliphatic carbocycles. The highest BCUT2D eigenvalue weighted by Gasteiger charge is 2.29. The summed E-state index contributed by atoms with van der Waals surface area (Å²) in [4.78, 5) is 12.3. The highest BCUT2D eigenvalue weighted by Crippen LogP contribution is 2.35. The van der Waals surface area contributed by atoms with Gasteiger partial charge in [0.1, 0.15) is 5.75 Å². The summed E-state index contributed by atoms with van der Waals surface area (Å²) < 4.78 is 5.15. The van der Waals surface area contributed by atoms with Crippen LogP contribution in [0.3, 0.4) is 0 Å². The van der Waals surface area contributed by atoms with Gasteiger partial charge in [0.15, 0.2) is 0 Å². The summed E-state index contributed by atoms with van der Waals surface area (Å²) in [6, 6.07) is 5.37. The van der Waals surface area contributed by atoms with Gasteiger partial charge in [0.25, 0.3) is 5.91 Å². The van der Waals surface area contributed by atoms with Gasteiger partial charge in [-0.15, -0.1) is 0 Å². The Kier molecular flexibility index (Phi) is 4.21. The molecule has 1 aromatic rings. The first-order chi connectivity index (χ1) is 9.39. The third kappa shape index (κ3) is 3.65. The van der Waals surface area contributed by atoms with Crippen LogP contribution in [0.1, 0.15) is 49.9 Å². The molecule has 1 amide bonds. The summed E-state index contributed by atoms with van der Waals surface area (Å²) in [6.45, 7) is 4.52. The molecular weight excluding hydrogens is 252 g/mol. The zero-order valence-electron chi connectivity index (χ0n) is 12.5. The first kappa shape index (κ1) is 14.7. The molecule has 1 atom stereocenters. The third-order valence-electron chi connectivity index (χ3n) is 3.97. The maximum atomic E-state index is 12.3. The van der Waals surface area contributed by atoms with Crippen molar-refractivity contribution in [2.45, 2.75) is 45.6 Å². The maximum absolute atomic E-state index is 12.3. The zero-order valence-corrected chi connectivity index (χ0v) is 12.5. The van der Waals surface area contributed by atoms with Crippen LogP contribution in [-0.2, 0) is 0 Å². The molecular formula is C16H24N2O2. The molecule has 1 saturated carbocycles. The fourth-order valence-corrected chi connectivity index (χ4v) is 2.96. The number of rotatable bonds is 3. The normalized spacial score (nSPS) is 21.2. The SMILES string of the molecule is COc1cc(N)cc(C(=O)NC2CCCC(C)(C)C2)c1. The third-order valence-corrected chi connectivity index (χ3v) is 3.97. The lowest BCUT2D eigenvalue weighted by Gasteiger charge is -2.35. The van der Waals surface area contributed by atoms with Crippen LogP contribution in [0.25, 0.3) is 0 Å². The second kappa shape index (κ2) is 5.73. The molecule has 2 rings (SSSR count). The molecule has 1 aromatic carbocycles. The summed E-state index contributed by atoms with van der Waals surface area (Å²) in [5.41, 5.74) is 7.20. The van der Waals surface area contributed by atoms with Crippen LogP contribution >= 0.6 is 0 Å². The number of ether oxygens (including phenoxy) is 1. The Morgan fingerprint density at radius 2 is 2.15 bits per heavy atom. The van der Waals surface area contributed by atoms with Crippen LogP contribution in [0.2, 0.25) is 0 Å². The van der Waals surface area contributed by atoms with Gasteiger partial charge in [0, 0.05) is 23.4 Å². The summed E-state index contributed by atoms with van der Waals surface area (Å²) in [7, 11) is 1.57. The highest BCUT2D eigenvalue weighted by atomic mass is 16.5. The number of hydrogen-bond acceptors (Lipinski definition) is 3. The molecule has 4 heteroatoms. The van der Waals surface area contributed by atoms with Crippen molar-refractivity contribution in [1.29, 1.82) is 0 Å². The number of benzene rings is 1. The average Bonchev–Trinajstić information content (AvgIpc) is 2.36. The van der Waals surface area contributed by atoms with Crippen molar-refractivity contribution >= 4 is 11.6 Å². The summed E-state index contributed by atoms with van der Waals surface area (Å²) >= 11 is 0. The number of methoxy groups -OCH3 is 1. The van der Waals surface area contributed by atoms with Gasteiger partial charge < -0.3 is 15.8 Å². The number of carbonyl (C=O) groups excluding carboxylic acids is 1. The maximum Gasteiger partial charge on any atom is 0.251 e. The number of nitrogens with two attached hydrogens (primary N) is 1. The molecule has 0 spiro atoms. The molecule has 3 N–H and O–H groups in total. The number of amides is 1. The van der Waals surface area contributed by atoms with Crippen molar-refractivity contribution in [3.63, 3.8) is 0 Å². The second-order valence-electron chi connectivity index (χ2n) is 6.43. The standard InChI is InChI=1S/C16H24N2O2/c1-16(2)6-4-5-13(10-16)18-15(19)11-7-12(17)9-14(8-11)20-3/h7-9,13H,4-6,10,17H2,1-3H3,(H,18,19). The van der Waals surface area contributed by atoms with Crippen LogP contribution in [0.5, 0.6) is 5.75 Å². The minimum absolute atomic E-state index is 0.0710. The number of hydrogen-bond donors (Lipinski definition) is 2. The van der Waals surface area contributed by atoms with E-state index in [4.69, 9.17) is 10.5 Å². The second-order valence-corrected chi connectivity index (χ2v) is 6.43. The smallest absolute Gasteiger partial charge is 0.251 e. The highest BCUT2D eigenvalue weighted by molar-refractivity contribution is 5.95. The van der Waals surface area contributed by atoms with Gasteiger partial charge in [-0.1, -0.05) is 20.3 Å². The lowest BCUT2D eigenvalue weighted by Crippen LogP contribution is -2.40. The van der Waals surface area contributed by atoms with Gasteiger partial charge in [0.2, 0.25) is 0 Å². The van der Waals surface area contributed by atoms with Crippen molar-refractivity contribution in [2.24, 2.45) is 5.41 Å². The topological polar surface area (TPSA) is 64.3 Å². The van der Waals surface area contributed by atoms with E-state index >= 15 is 0 Å². The monoisotopic (exact) mass is 276 g/mol. The van der Waals surface area contributed by atoms with Gasteiger partial charge in [0.05, 0.1) is 7.11 Å². The molecule has 0 saturated heterocycles. The molecule has 0 aliphatic heterocycles. The van der Waals surface area contributed by atoms with Crippen molar-refractivity contribution in [1.82, 2.24) is 5.32 Å². The molecule has 0 radical (unpaired) electrons. The predicted octanol–water partition coefficient (Wildman–Crippen LogP) is 2.98. The Labute approximate surface area is 120 Å². The van der Waals surface area contributed by atoms with Crippen LogP contribution in [0.15, 0.2) is 18.2 Å². The number of nitrogen functional groups attached to an aromatic ring is 1. The van der Waals surface area contributed by atoms with Gasteiger partial charge >= 0.3 is 0 Å². The lowest BCUT2D eigenvalue weighted by molar-refractivity contribution is 0.0902. The number of nitrogens with one attached hydrogen (secondary N) is 1. The Bertz CT molecular complexity index is 497. The van der Waals surface area contributed by atoms with E-state index in [9.17, 15) is 4.79 Å². The van der Waals surface area contributed by atoms with Crippen LogP contribution in [0, 0.1) is 5.41 Å². The molecule has 20 heavy (non-hydrogen) atoms.